The smallest absolute Gasteiger partial charge is 0.126 e. The zero-order chi connectivity index (χ0) is 10.9. The monoisotopic (exact) mass is 206 g/mol. The van der Waals surface area contributed by atoms with Crippen LogP contribution in [-0.4, -0.2) is 6.29 Å². The average molecular weight is 206 g/mol. The lowest BCUT2D eigenvalue weighted by Gasteiger charge is -2.37. The largest absolute Gasteiger partial charge is 0.303 e. The van der Waals surface area contributed by atoms with Gasteiger partial charge in [0.05, 0.1) is 0 Å². The molecular weight excluding hydrogens is 184 g/mol. The number of hydrogen-bond acceptors (Lipinski definition) is 1. The van der Waals surface area contributed by atoms with Crippen LogP contribution in [0.1, 0.15) is 52.4 Å². The molecule has 1 fully saturated rings. The van der Waals surface area contributed by atoms with Crippen molar-refractivity contribution in [1.82, 2.24) is 0 Å². The topological polar surface area (TPSA) is 17.1 Å². The van der Waals surface area contributed by atoms with Gasteiger partial charge in [0, 0.05) is 5.92 Å². The third-order valence-electron chi connectivity index (χ3n) is 4.25. The van der Waals surface area contributed by atoms with Crippen molar-refractivity contribution in [2.45, 2.75) is 52.4 Å². The van der Waals surface area contributed by atoms with Gasteiger partial charge in [-0.05, 0) is 37.0 Å². The van der Waals surface area contributed by atoms with Crippen LogP contribution < -0.4 is 0 Å². The molecule has 0 radical (unpaired) electrons. The van der Waals surface area contributed by atoms with E-state index in [9.17, 15) is 4.79 Å². The molecule has 0 aromatic heterocycles. The first kappa shape index (κ1) is 10.9. The Morgan fingerprint density at radius 2 is 1.93 bits per heavy atom. The molecule has 0 saturated heterocycles. The highest BCUT2D eigenvalue weighted by Crippen LogP contribution is 2.46. The molecule has 2 aliphatic carbocycles. The van der Waals surface area contributed by atoms with E-state index in [1.807, 2.05) is 0 Å². The highest BCUT2D eigenvalue weighted by atomic mass is 16.1. The van der Waals surface area contributed by atoms with Crippen molar-refractivity contribution in [2.75, 3.05) is 0 Å². The Morgan fingerprint density at radius 3 is 2.53 bits per heavy atom. The first-order chi connectivity index (χ1) is 7.13. The van der Waals surface area contributed by atoms with Crippen LogP contribution in [0.3, 0.4) is 0 Å². The van der Waals surface area contributed by atoms with Gasteiger partial charge < -0.3 is 4.79 Å². The van der Waals surface area contributed by atoms with Crippen molar-refractivity contribution >= 4 is 6.29 Å². The Bertz CT molecular complexity index is 269. The predicted octanol–water partition coefficient (Wildman–Crippen LogP) is 3.74. The van der Waals surface area contributed by atoms with Gasteiger partial charge in [-0.15, -0.1) is 0 Å². The number of rotatable bonds is 2. The summed E-state index contributed by atoms with van der Waals surface area (Å²) in [5, 5.41) is 0. The first-order valence-corrected chi connectivity index (χ1v) is 6.31. The van der Waals surface area contributed by atoms with Gasteiger partial charge in [-0.3, -0.25) is 0 Å². The van der Waals surface area contributed by atoms with E-state index in [4.69, 9.17) is 0 Å². The third kappa shape index (κ3) is 2.16. The van der Waals surface area contributed by atoms with Crippen LogP contribution in [0, 0.1) is 17.3 Å². The van der Waals surface area contributed by atoms with Gasteiger partial charge in [0.15, 0.2) is 0 Å². The molecule has 2 rings (SSSR count). The average Bonchev–Trinajstić information content (AvgIpc) is 2.70. The number of carbonyl (C=O) groups is 1. The van der Waals surface area contributed by atoms with Crippen LogP contribution in [0.4, 0.5) is 0 Å². The standard InChI is InChI=1S/C14H22O/c1-14(2)8-7-11(10-15)9-13(14)12-5-3-4-6-12/h9-12H,3-8H2,1-2H3. The molecule has 84 valence electrons. The molecule has 0 heterocycles. The molecule has 2 aliphatic rings. The van der Waals surface area contributed by atoms with Crippen LogP contribution >= 0.6 is 0 Å². The van der Waals surface area contributed by atoms with Gasteiger partial charge in [-0.1, -0.05) is 38.3 Å². The molecule has 0 bridgehead atoms. The fourth-order valence-electron chi connectivity index (χ4n) is 3.24. The van der Waals surface area contributed by atoms with Gasteiger partial charge >= 0.3 is 0 Å². The van der Waals surface area contributed by atoms with E-state index < -0.39 is 0 Å². The Kier molecular flexibility index (Phi) is 2.99. The molecule has 0 amide bonds. The van der Waals surface area contributed by atoms with Crippen molar-refractivity contribution in [3.8, 4) is 0 Å². The van der Waals surface area contributed by atoms with Crippen LogP contribution in [0.15, 0.2) is 11.6 Å². The molecule has 0 aromatic rings. The quantitative estimate of drug-likeness (QED) is 0.497. The Balaban J connectivity index is 2.22. The lowest BCUT2D eigenvalue weighted by Crippen LogP contribution is -2.26. The molecule has 1 saturated carbocycles. The van der Waals surface area contributed by atoms with Crippen molar-refractivity contribution in [3.05, 3.63) is 11.6 Å². The van der Waals surface area contributed by atoms with Gasteiger partial charge in [0.25, 0.3) is 0 Å². The normalized spacial score (nSPS) is 31.3. The minimum atomic E-state index is 0.202. The number of aldehydes is 1. The minimum absolute atomic E-state index is 0.202. The van der Waals surface area contributed by atoms with E-state index in [2.05, 4.69) is 19.9 Å². The molecule has 15 heavy (non-hydrogen) atoms. The lowest BCUT2D eigenvalue weighted by molar-refractivity contribution is -0.110. The highest BCUT2D eigenvalue weighted by Gasteiger charge is 2.34. The number of carbonyl (C=O) groups excluding carboxylic acids is 1. The second-order valence-corrected chi connectivity index (χ2v) is 5.83. The van der Waals surface area contributed by atoms with Crippen LogP contribution in [0.2, 0.25) is 0 Å². The van der Waals surface area contributed by atoms with Crippen LogP contribution in [-0.2, 0) is 4.79 Å². The molecule has 1 atom stereocenters. The molecule has 0 spiro atoms. The molecule has 1 heteroatoms. The summed E-state index contributed by atoms with van der Waals surface area (Å²) in [7, 11) is 0. The Hall–Kier alpha value is -0.590. The summed E-state index contributed by atoms with van der Waals surface area (Å²) in [5.74, 6) is 0.983. The summed E-state index contributed by atoms with van der Waals surface area (Å²) in [6, 6.07) is 0. The fourth-order valence-corrected chi connectivity index (χ4v) is 3.24. The van der Waals surface area contributed by atoms with E-state index in [0.717, 1.165) is 18.6 Å². The molecule has 1 nitrogen and oxygen atoms in total. The predicted molar refractivity (Wildman–Crippen MR) is 62.6 cm³/mol. The van der Waals surface area contributed by atoms with E-state index in [1.54, 1.807) is 5.57 Å². The van der Waals surface area contributed by atoms with Crippen molar-refractivity contribution in [1.29, 1.82) is 0 Å². The summed E-state index contributed by atoms with van der Waals surface area (Å²) in [5.41, 5.74) is 1.93. The van der Waals surface area contributed by atoms with Gasteiger partial charge in [-0.2, -0.15) is 0 Å². The number of hydrogen-bond donors (Lipinski definition) is 0. The maximum Gasteiger partial charge on any atom is 0.126 e. The van der Waals surface area contributed by atoms with Crippen molar-refractivity contribution < 1.29 is 4.79 Å². The molecule has 1 unspecified atom stereocenters. The zero-order valence-electron chi connectivity index (χ0n) is 9.96. The number of allylic oxidation sites excluding steroid dienone is 2. The summed E-state index contributed by atoms with van der Waals surface area (Å²) < 4.78 is 0. The summed E-state index contributed by atoms with van der Waals surface area (Å²) >= 11 is 0. The van der Waals surface area contributed by atoms with Gasteiger partial charge in [-0.25, -0.2) is 0 Å². The van der Waals surface area contributed by atoms with E-state index in [1.165, 1.54) is 32.1 Å². The first-order valence-electron chi connectivity index (χ1n) is 6.31. The van der Waals surface area contributed by atoms with Gasteiger partial charge in [0.1, 0.15) is 6.29 Å². The molecule has 0 N–H and O–H groups in total. The van der Waals surface area contributed by atoms with Crippen LogP contribution in [0.5, 0.6) is 0 Å². The summed E-state index contributed by atoms with van der Waals surface area (Å²) in [4.78, 5) is 10.9. The lowest BCUT2D eigenvalue weighted by atomic mass is 9.68. The maximum atomic E-state index is 10.9. The fraction of sp³-hybridized carbons (Fsp3) is 0.786. The molecule has 0 aromatic carbocycles. The Labute approximate surface area is 92.9 Å². The van der Waals surface area contributed by atoms with Gasteiger partial charge in [0.2, 0.25) is 0 Å². The van der Waals surface area contributed by atoms with Crippen molar-refractivity contribution in [3.63, 3.8) is 0 Å². The SMILES string of the molecule is CC1(C)CCC(C=O)C=C1C1CCCC1. The molecule has 0 aliphatic heterocycles. The zero-order valence-corrected chi connectivity index (χ0v) is 9.96. The maximum absolute atomic E-state index is 10.9. The van der Waals surface area contributed by atoms with Crippen LogP contribution in [0.25, 0.3) is 0 Å². The summed E-state index contributed by atoms with van der Waals surface area (Å²) in [6.45, 7) is 4.69. The third-order valence-corrected chi connectivity index (χ3v) is 4.25. The van der Waals surface area contributed by atoms with E-state index in [-0.39, 0.29) is 5.92 Å². The van der Waals surface area contributed by atoms with E-state index in [0.29, 0.717) is 5.41 Å². The second kappa shape index (κ2) is 4.11. The highest BCUT2D eigenvalue weighted by molar-refractivity contribution is 5.57. The Morgan fingerprint density at radius 1 is 1.27 bits per heavy atom. The second-order valence-electron chi connectivity index (χ2n) is 5.83. The van der Waals surface area contributed by atoms with Crippen molar-refractivity contribution in [2.24, 2.45) is 17.3 Å². The molecular formula is C14H22O. The van der Waals surface area contributed by atoms with E-state index >= 15 is 0 Å². The minimum Gasteiger partial charge on any atom is -0.303 e. The summed E-state index contributed by atoms with van der Waals surface area (Å²) in [6.07, 6.45) is 11.1.